The van der Waals surface area contributed by atoms with E-state index >= 15 is 0 Å². The Morgan fingerprint density at radius 1 is 0.923 bits per heavy atom. The molecule has 6 amide bonds. The maximum absolute atomic E-state index is 14.4. The number of piperidine rings is 1. The first-order valence-electron chi connectivity index (χ1n) is 26.7. The number of hydrogen-bond donors (Lipinski definition) is 6. The molecule has 0 radical (unpaired) electrons. The number of benzene rings is 2. The second kappa shape index (κ2) is 24.3. The van der Waals surface area contributed by atoms with Crippen molar-refractivity contribution in [3.8, 4) is 16.2 Å². The van der Waals surface area contributed by atoms with Gasteiger partial charge in [-0.15, -0.1) is 11.3 Å². The zero-order valence-electron chi connectivity index (χ0n) is 45.1. The topological polar surface area (TPSA) is 228 Å². The van der Waals surface area contributed by atoms with Crippen molar-refractivity contribution in [2.24, 2.45) is 16.7 Å². The number of nitrogens with one attached hydrogen (secondary N) is 5. The van der Waals surface area contributed by atoms with Gasteiger partial charge in [-0.05, 0) is 104 Å². The van der Waals surface area contributed by atoms with Crippen LogP contribution in [0.4, 0.5) is 18.9 Å². The fraction of sp³-hybridized carbons (Fsp3) is 0.536. The molecule has 1 aliphatic carbocycles. The number of anilines is 1. The van der Waals surface area contributed by atoms with Crippen LogP contribution in [0, 0.1) is 23.7 Å². The van der Waals surface area contributed by atoms with Crippen molar-refractivity contribution < 1.29 is 51.8 Å². The molecule has 2 aromatic carbocycles. The summed E-state index contributed by atoms with van der Waals surface area (Å²) in [5.74, 6) is -2.12. The Labute approximate surface area is 456 Å². The highest BCUT2D eigenvalue weighted by Crippen LogP contribution is 2.47. The lowest BCUT2D eigenvalue weighted by atomic mass is 9.65. The minimum absolute atomic E-state index is 0.00925. The molecule has 18 nitrogen and oxygen atoms in total. The number of thiazole rings is 1. The first-order chi connectivity index (χ1) is 37.0. The number of aryl methyl sites for hydroxylation is 1. The first-order valence-corrected chi connectivity index (χ1v) is 27.6. The Bertz CT molecular complexity index is 2840. The van der Waals surface area contributed by atoms with Gasteiger partial charge in [0.2, 0.25) is 23.6 Å². The number of hydrogen-bond acceptors (Lipinski definition) is 13. The summed E-state index contributed by atoms with van der Waals surface area (Å²) in [6.45, 7) is 13.1. The summed E-state index contributed by atoms with van der Waals surface area (Å²) in [5.41, 5.74) is 3.65. The second-order valence-corrected chi connectivity index (χ2v) is 23.1. The van der Waals surface area contributed by atoms with E-state index in [-0.39, 0.29) is 78.5 Å². The number of β-amino-alcohol motifs (C(OH)–C–C–N with tert-alkyl or cyclic N) is 1. The molecule has 0 bridgehead atoms. The van der Waals surface area contributed by atoms with E-state index < -0.39 is 53.0 Å². The van der Waals surface area contributed by atoms with E-state index in [4.69, 9.17) is 4.74 Å². The highest BCUT2D eigenvalue weighted by atomic mass is 32.1. The Hall–Kier alpha value is -6.49. The Morgan fingerprint density at radius 3 is 2.28 bits per heavy atom. The lowest BCUT2D eigenvalue weighted by Crippen LogP contribution is -2.58. The molecule has 78 heavy (non-hydrogen) atoms. The number of aliphatic hydroxyl groups is 1. The van der Waals surface area contributed by atoms with Crippen molar-refractivity contribution in [2.45, 2.75) is 117 Å². The number of halogens is 3. The number of rotatable bonds is 18. The minimum Gasteiger partial charge on any atom is -0.495 e. The summed E-state index contributed by atoms with van der Waals surface area (Å²) in [5, 5.41) is 26.0. The molecule has 22 heteroatoms. The van der Waals surface area contributed by atoms with E-state index in [1.165, 1.54) is 24.1 Å². The maximum Gasteiger partial charge on any atom is 0.433 e. The summed E-state index contributed by atoms with van der Waals surface area (Å²) < 4.78 is 45.0. The van der Waals surface area contributed by atoms with Crippen LogP contribution >= 0.6 is 11.3 Å². The third-order valence-electron chi connectivity index (χ3n) is 15.8. The van der Waals surface area contributed by atoms with Gasteiger partial charge >= 0.3 is 6.18 Å². The highest BCUT2D eigenvalue weighted by Gasteiger charge is 2.47. The Kier molecular flexibility index (Phi) is 17.9. The number of carbonyl (C=O) groups excluding carboxylic acids is 6. The van der Waals surface area contributed by atoms with Crippen molar-refractivity contribution in [1.82, 2.24) is 45.9 Å². The Balaban J connectivity index is 0.727. The van der Waals surface area contributed by atoms with Gasteiger partial charge in [-0.3, -0.25) is 28.8 Å². The Morgan fingerprint density at radius 2 is 1.63 bits per heavy atom. The van der Waals surface area contributed by atoms with E-state index in [1.54, 1.807) is 22.3 Å². The number of ether oxygens (including phenoxy) is 1. The molecule has 4 aliphatic rings. The van der Waals surface area contributed by atoms with Gasteiger partial charge in [0.1, 0.15) is 29.2 Å². The molecule has 1 spiro atoms. The fourth-order valence-corrected chi connectivity index (χ4v) is 11.9. The molecular weight excluding hydrogens is 1030 g/mol. The zero-order valence-corrected chi connectivity index (χ0v) is 45.9. The predicted octanol–water partition coefficient (Wildman–Crippen LogP) is 6.10. The molecule has 2 aromatic heterocycles. The number of nitrogens with zero attached hydrogens (tertiary/aromatic N) is 5. The van der Waals surface area contributed by atoms with Gasteiger partial charge in [-0.25, -0.2) is 9.97 Å². The molecular formula is C56H71F3N10O8S. The van der Waals surface area contributed by atoms with Crippen molar-refractivity contribution in [3.05, 3.63) is 93.9 Å². The van der Waals surface area contributed by atoms with Crippen molar-refractivity contribution in [3.63, 3.8) is 0 Å². The standard InChI is InChI=1S/C56H71F3N10O8S/c1-33(35-10-12-36(13-11-35)47-34(2)62-32-78-47)63-51(74)43-27-39(70)31-69(43)53(76)48(54(3,4)5)66-49(72)37-14-16-55(17-15-37)18-23-67(24-19-55)46(71)29-61-21-20-60-22-25-68-30-38-26-42(44(77-6)28-40(38)52(68)75)65-50(73)41-8-7-9-45(64-41)56(57,58)59/h7-13,26,28,32-33,37,39,43,48,60-61,70H,14-25,27,29-31H2,1-6H3,(H,63,74)(H,65,73)(H,66,72)/t33-,39+,43-,48+/m0/s1. The fourth-order valence-electron chi connectivity index (χ4n) is 11.1. The van der Waals surface area contributed by atoms with Crippen LogP contribution in [0.25, 0.3) is 10.4 Å². The van der Waals surface area contributed by atoms with Crippen LogP contribution in [0.5, 0.6) is 5.75 Å². The summed E-state index contributed by atoms with van der Waals surface area (Å²) in [6, 6.07) is 11.9. The van der Waals surface area contributed by atoms with E-state index in [1.807, 2.05) is 69.3 Å². The van der Waals surface area contributed by atoms with E-state index in [2.05, 4.69) is 36.6 Å². The maximum atomic E-state index is 14.4. The van der Waals surface area contributed by atoms with Gasteiger partial charge in [-0.2, -0.15) is 13.2 Å². The second-order valence-electron chi connectivity index (χ2n) is 22.2. The van der Waals surface area contributed by atoms with E-state index in [9.17, 15) is 47.0 Å². The van der Waals surface area contributed by atoms with Crippen molar-refractivity contribution in [2.75, 3.05) is 64.8 Å². The summed E-state index contributed by atoms with van der Waals surface area (Å²) in [6.07, 6.45) is -0.816. The van der Waals surface area contributed by atoms with Crippen LogP contribution in [0.1, 0.15) is 122 Å². The van der Waals surface area contributed by atoms with Crippen molar-refractivity contribution in [1.29, 1.82) is 0 Å². The van der Waals surface area contributed by atoms with Crippen LogP contribution in [-0.4, -0.2) is 143 Å². The van der Waals surface area contributed by atoms with Crippen LogP contribution in [0.3, 0.4) is 0 Å². The van der Waals surface area contributed by atoms with Gasteiger partial charge in [0.05, 0.1) is 47.6 Å². The van der Waals surface area contributed by atoms with E-state index in [0.717, 1.165) is 59.5 Å². The first kappa shape index (κ1) is 57.7. The number of fused-ring (bicyclic) bond motifs is 1. The number of alkyl halides is 3. The molecule has 420 valence electrons. The normalized spacial score (nSPS) is 19.4. The number of amides is 6. The summed E-state index contributed by atoms with van der Waals surface area (Å²) in [4.78, 5) is 95.3. The lowest BCUT2D eigenvalue weighted by Gasteiger charge is -2.46. The summed E-state index contributed by atoms with van der Waals surface area (Å²) >= 11 is 1.57. The van der Waals surface area contributed by atoms with Gasteiger partial charge in [0.15, 0.2) is 0 Å². The van der Waals surface area contributed by atoms with Crippen LogP contribution in [0.15, 0.2) is 60.1 Å². The monoisotopic (exact) mass is 1100 g/mol. The smallest absolute Gasteiger partial charge is 0.433 e. The third-order valence-corrected chi connectivity index (χ3v) is 16.8. The number of carbonyl (C=O) groups is 6. The van der Waals surface area contributed by atoms with Crippen LogP contribution < -0.4 is 31.3 Å². The SMILES string of the molecule is COc1cc2c(cc1NC(=O)c1cccc(C(F)(F)F)n1)CN(CCNCCNCC(=O)N1CCC3(CCC(C(=O)N[C@H](C(=O)N4C[C@H](O)C[C@H]4C(=O)N[C@@H](C)c4ccc(-c5scnc5C)cc4)C(C)(C)C)CC3)CC1)C2=O. The molecule has 0 unspecified atom stereocenters. The van der Waals surface area contributed by atoms with Gasteiger partial charge in [0, 0.05) is 70.3 Å². The third kappa shape index (κ3) is 13.5. The van der Waals surface area contributed by atoms with Crippen LogP contribution in [-0.2, 0) is 31.9 Å². The number of aromatic nitrogens is 2. The minimum atomic E-state index is -4.72. The van der Waals surface area contributed by atoms with Gasteiger partial charge in [-0.1, -0.05) is 51.1 Å². The number of methoxy groups -OCH3 is 1. The quantitative estimate of drug-likeness (QED) is 0.0622. The van der Waals surface area contributed by atoms with Crippen LogP contribution in [0.2, 0.25) is 0 Å². The largest absolute Gasteiger partial charge is 0.495 e. The molecule has 3 fully saturated rings. The van der Waals surface area contributed by atoms with Gasteiger partial charge in [0.25, 0.3) is 11.8 Å². The molecule has 4 atom stereocenters. The number of pyridine rings is 1. The molecule has 1 saturated carbocycles. The van der Waals surface area contributed by atoms with Crippen molar-refractivity contribution >= 4 is 52.5 Å². The molecule has 5 heterocycles. The zero-order chi connectivity index (χ0) is 56.1. The number of aliphatic hydroxyl groups excluding tert-OH is 1. The average Bonchev–Trinajstić information content (AvgIpc) is 4.17. The molecule has 4 aromatic rings. The average molecular weight is 1100 g/mol. The number of likely N-dealkylation sites (tertiary alicyclic amines) is 2. The molecule has 3 aliphatic heterocycles. The van der Waals surface area contributed by atoms with E-state index in [0.29, 0.717) is 63.2 Å². The van der Waals surface area contributed by atoms with Gasteiger partial charge < -0.3 is 51.1 Å². The molecule has 8 rings (SSSR count). The highest BCUT2D eigenvalue weighted by molar-refractivity contribution is 7.13. The molecule has 6 N–H and O–H groups in total. The molecule has 2 saturated heterocycles. The predicted molar refractivity (Wildman–Crippen MR) is 287 cm³/mol. The summed E-state index contributed by atoms with van der Waals surface area (Å²) in [7, 11) is 1.36. The lowest BCUT2D eigenvalue weighted by molar-refractivity contribution is -0.145.